The van der Waals surface area contributed by atoms with Crippen molar-refractivity contribution >= 4 is 33.2 Å². The van der Waals surface area contributed by atoms with Gasteiger partial charge in [0.1, 0.15) is 17.6 Å². The third-order valence-corrected chi connectivity index (χ3v) is 5.92. The molecule has 1 N–H and O–H groups in total. The Morgan fingerprint density at radius 2 is 1.86 bits per heavy atom. The molecule has 0 bridgehead atoms. The molecule has 0 spiro atoms. The number of sulfonamides is 1. The van der Waals surface area contributed by atoms with Crippen molar-refractivity contribution in [3.05, 3.63) is 58.9 Å². The van der Waals surface area contributed by atoms with Gasteiger partial charge in [0, 0.05) is 0 Å². The van der Waals surface area contributed by atoms with E-state index in [9.17, 15) is 17.6 Å². The first-order valence-electron chi connectivity index (χ1n) is 8.97. The number of ether oxygens (including phenoxy) is 1. The highest BCUT2D eigenvalue weighted by atomic mass is 35.5. The Labute approximate surface area is 175 Å². The number of carbonyl (C=O) groups is 1. The van der Waals surface area contributed by atoms with Crippen LogP contribution in [0.2, 0.25) is 5.02 Å². The molecule has 0 radical (unpaired) electrons. The van der Waals surface area contributed by atoms with Gasteiger partial charge in [-0.2, -0.15) is 0 Å². The van der Waals surface area contributed by atoms with E-state index in [0.29, 0.717) is 11.3 Å². The average Bonchev–Trinajstić information content (AvgIpc) is 2.65. The van der Waals surface area contributed by atoms with E-state index in [-0.39, 0.29) is 22.9 Å². The van der Waals surface area contributed by atoms with Crippen LogP contribution in [0.4, 0.5) is 10.1 Å². The highest BCUT2D eigenvalue weighted by Crippen LogP contribution is 2.32. The number of anilines is 1. The zero-order valence-electron chi connectivity index (χ0n) is 16.6. The van der Waals surface area contributed by atoms with Crippen molar-refractivity contribution < 1.29 is 22.3 Å². The minimum atomic E-state index is -3.79. The number of halogens is 2. The van der Waals surface area contributed by atoms with Crippen molar-refractivity contribution in [1.29, 1.82) is 0 Å². The summed E-state index contributed by atoms with van der Waals surface area (Å²) >= 11 is 6.15. The van der Waals surface area contributed by atoms with E-state index in [4.69, 9.17) is 16.3 Å². The highest BCUT2D eigenvalue weighted by Gasteiger charge is 2.32. The van der Waals surface area contributed by atoms with Crippen LogP contribution >= 0.6 is 11.6 Å². The number of hydrogen-bond acceptors (Lipinski definition) is 4. The Bertz CT molecular complexity index is 967. The fraction of sp³-hybridized carbons (Fsp3) is 0.350. The smallest absolute Gasteiger partial charge is 0.244 e. The van der Waals surface area contributed by atoms with Crippen LogP contribution in [0.1, 0.15) is 31.9 Å². The summed E-state index contributed by atoms with van der Waals surface area (Å²) < 4.78 is 44.3. The summed E-state index contributed by atoms with van der Waals surface area (Å²) in [6.45, 7) is 3.46. The summed E-state index contributed by atoms with van der Waals surface area (Å²) in [7, 11) is -2.34. The van der Waals surface area contributed by atoms with Gasteiger partial charge in [0.15, 0.2) is 0 Å². The molecular formula is C20H24ClFN2O4S. The zero-order chi connectivity index (χ0) is 21.8. The Morgan fingerprint density at radius 1 is 1.24 bits per heavy atom. The Morgan fingerprint density at radius 3 is 2.34 bits per heavy atom. The van der Waals surface area contributed by atoms with Crippen molar-refractivity contribution in [2.24, 2.45) is 0 Å². The molecule has 1 amide bonds. The molecule has 0 aliphatic rings. The Kier molecular flexibility index (Phi) is 7.48. The maximum atomic E-state index is 13.1. The molecule has 29 heavy (non-hydrogen) atoms. The lowest BCUT2D eigenvalue weighted by Crippen LogP contribution is -2.49. The first-order chi connectivity index (χ1) is 13.6. The quantitative estimate of drug-likeness (QED) is 0.672. The molecular weight excluding hydrogens is 419 g/mol. The molecule has 2 aromatic carbocycles. The van der Waals surface area contributed by atoms with Gasteiger partial charge in [0.05, 0.1) is 30.1 Å². The van der Waals surface area contributed by atoms with Crippen molar-refractivity contribution in [2.45, 2.75) is 32.4 Å². The van der Waals surface area contributed by atoms with Crippen LogP contribution in [-0.2, 0) is 14.8 Å². The zero-order valence-corrected chi connectivity index (χ0v) is 18.2. The van der Waals surface area contributed by atoms with E-state index in [2.05, 4.69) is 5.32 Å². The third kappa shape index (κ3) is 5.61. The summed E-state index contributed by atoms with van der Waals surface area (Å²) in [6.07, 6.45) is 1.27. The van der Waals surface area contributed by atoms with Crippen LogP contribution < -0.4 is 14.4 Å². The first kappa shape index (κ1) is 23.0. The minimum Gasteiger partial charge on any atom is -0.495 e. The summed E-state index contributed by atoms with van der Waals surface area (Å²) in [5.74, 6) is -0.452. The van der Waals surface area contributed by atoms with Crippen molar-refractivity contribution in [1.82, 2.24) is 5.32 Å². The summed E-state index contributed by atoms with van der Waals surface area (Å²) in [5.41, 5.74) is 0.961. The Balaban J connectivity index is 2.34. The molecule has 0 aliphatic carbocycles. The average molecular weight is 443 g/mol. The number of amides is 1. The number of nitrogens with one attached hydrogen (secondary N) is 1. The normalized spacial score (nSPS) is 13.4. The van der Waals surface area contributed by atoms with E-state index in [0.717, 1.165) is 10.6 Å². The van der Waals surface area contributed by atoms with E-state index >= 15 is 0 Å². The molecule has 0 aliphatic heterocycles. The van der Waals surface area contributed by atoms with Crippen LogP contribution in [0.25, 0.3) is 0 Å². The molecule has 9 heteroatoms. The molecule has 0 unspecified atom stereocenters. The maximum absolute atomic E-state index is 13.1. The van der Waals surface area contributed by atoms with E-state index in [1.54, 1.807) is 32.0 Å². The molecule has 6 nitrogen and oxygen atoms in total. The molecule has 0 saturated heterocycles. The summed E-state index contributed by atoms with van der Waals surface area (Å²) in [4.78, 5) is 12.9. The Hall–Kier alpha value is -2.32. The topological polar surface area (TPSA) is 75.7 Å². The van der Waals surface area contributed by atoms with Gasteiger partial charge in [-0.25, -0.2) is 12.8 Å². The standard InChI is InChI=1S/C20H24ClFN2O4S/c1-5-18(20(25)23-13(2)14-6-8-15(22)9-7-14)24(29(4,26)27)16-10-11-19(28-3)17(21)12-16/h6-13,18H,5H2,1-4H3,(H,23,25)/t13-,18+/m1/s1. The number of methoxy groups -OCH3 is 1. The monoisotopic (exact) mass is 442 g/mol. The highest BCUT2D eigenvalue weighted by molar-refractivity contribution is 7.92. The fourth-order valence-electron chi connectivity index (χ4n) is 3.00. The molecule has 2 rings (SSSR count). The molecule has 0 fully saturated rings. The van der Waals surface area contributed by atoms with E-state index in [1.807, 2.05) is 0 Å². The van der Waals surface area contributed by atoms with Gasteiger partial charge in [-0.3, -0.25) is 9.10 Å². The molecule has 0 saturated carbocycles. The second kappa shape index (κ2) is 9.45. The van der Waals surface area contributed by atoms with Gasteiger partial charge in [0.2, 0.25) is 15.9 Å². The maximum Gasteiger partial charge on any atom is 0.244 e. The lowest BCUT2D eigenvalue weighted by molar-refractivity contribution is -0.122. The van der Waals surface area contributed by atoms with Gasteiger partial charge in [0.25, 0.3) is 0 Å². The SMILES string of the molecule is CC[C@@H](C(=O)N[C@H](C)c1ccc(F)cc1)N(c1ccc(OC)c(Cl)c1)S(C)(=O)=O. The van der Waals surface area contributed by atoms with Crippen molar-refractivity contribution in [3.63, 3.8) is 0 Å². The van der Waals surface area contributed by atoms with Crippen molar-refractivity contribution in [3.8, 4) is 5.75 Å². The van der Waals surface area contributed by atoms with Gasteiger partial charge in [-0.15, -0.1) is 0 Å². The first-order valence-corrected chi connectivity index (χ1v) is 11.2. The van der Waals surface area contributed by atoms with Gasteiger partial charge < -0.3 is 10.1 Å². The number of carbonyl (C=O) groups excluding carboxylic acids is 1. The largest absolute Gasteiger partial charge is 0.495 e. The van der Waals surface area contributed by atoms with Crippen molar-refractivity contribution in [2.75, 3.05) is 17.7 Å². The van der Waals surface area contributed by atoms with Crippen LogP contribution in [0, 0.1) is 5.82 Å². The number of rotatable bonds is 8. The van der Waals surface area contributed by atoms with Gasteiger partial charge >= 0.3 is 0 Å². The van der Waals surface area contributed by atoms with Crippen LogP contribution in [0.15, 0.2) is 42.5 Å². The van der Waals surface area contributed by atoms with Gasteiger partial charge in [-0.05, 0) is 49.2 Å². The van der Waals surface area contributed by atoms with Crippen LogP contribution in [0.5, 0.6) is 5.75 Å². The summed E-state index contributed by atoms with van der Waals surface area (Å²) in [5, 5.41) is 3.03. The summed E-state index contributed by atoms with van der Waals surface area (Å²) in [6, 6.07) is 8.84. The molecule has 2 atom stereocenters. The number of benzene rings is 2. The second-order valence-corrected chi connectivity index (χ2v) is 8.85. The third-order valence-electron chi connectivity index (χ3n) is 4.45. The van der Waals surface area contributed by atoms with E-state index in [1.165, 1.54) is 31.4 Å². The molecule has 0 aromatic heterocycles. The minimum absolute atomic E-state index is 0.230. The lowest BCUT2D eigenvalue weighted by Gasteiger charge is -2.31. The molecule has 0 heterocycles. The van der Waals surface area contributed by atoms with Crippen LogP contribution in [-0.4, -0.2) is 33.7 Å². The lowest BCUT2D eigenvalue weighted by atomic mass is 10.1. The van der Waals surface area contributed by atoms with Gasteiger partial charge in [-0.1, -0.05) is 30.7 Å². The number of hydrogen-bond donors (Lipinski definition) is 1. The van der Waals surface area contributed by atoms with E-state index < -0.39 is 28.0 Å². The fourth-order valence-corrected chi connectivity index (χ4v) is 4.45. The second-order valence-electron chi connectivity index (χ2n) is 6.58. The van der Waals surface area contributed by atoms with Crippen LogP contribution in [0.3, 0.4) is 0 Å². The number of nitrogens with zero attached hydrogens (tertiary/aromatic N) is 1. The predicted molar refractivity (Wildman–Crippen MR) is 112 cm³/mol. The molecule has 158 valence electrons. The molecule has 2 aromatic rings. The predicted octanol–water partition coefficient (Wildman–Crippen LogP) is 3.91.